The molecular formula is C25H27ClN4O. The summed E-state index contributed by atoms with van der Waals surface area (Å²) in [6.07, 6.45) is 5.83. The molecule has 31 heavy (non-hydrogen) atoms. The van der Waals surface area contributed by atoms with Crippen LogP contribution in [-0.2, 0) is 6.54 Å². The number of benzene rings is 2. The number of methoxy groups -OCH3 is 1. The smallest absolute Gasteiger partial charge is 0.158 e. The first kappa shape index (κ1) is 21.3. The van der Waals surface area contributed by atoms with Crippen LogP contribution in [0.3, 0.4) is 0 Å². The maximum absolute atomic E-state index is 5.27. The first-order valence-corrected chi connectivity index (χ1v) is 10.6. The van der Waals surface area contributed by atoms with Crippen molar-refractivity contribution < 1.29 is 4.74 Å². The van der Waals surface area contributed by atoms with Gasteiger partial charge in [-0.3, -0.25) is 4.90 Å². The second-order valence-electron chi connectivity index (χ2n) is 7.90. The summed E-state index contributed by atoms with van der Waals surface area (Å²) in [5, 5.41) is 0. The molecule has 0 amide bonds. The number of hydrogen-bond donors (Lipinski definition) is 1. The molecule has 3 heterocycles. The predicted octanol–water partition coefficient (Wildman–Crippen LogP) is 5.71. The largest absolute Gasteiger partial charge is 0.497 e. The highest BCUT2D eigenvalue weighted by Gasteiger charge is 2.13. The first-order chi connectivity index (χ1) is 14.8. The molecule has 0 radical (unpaired) electrons. The van der Waals surface area contributed by atoms with Crippen molar-refractivity contribution >= 4 is 23.6 Å². The van der Waals surface area contributed by atoms with Gasteiger partial charge in [0.25, 0.3) is 0 Å². The van der Waals surface area contributed by atoms with Gasteiger partial charge in [-0.15, -0.1) is 12.4 Å². The van der Waals surface area contributed by atoms with Gasteiger partial charge in [-0.05, 0) is 55.3 Å². The topological polar surface area (TPSA) is 54.0 Å². The maximum Gasteiger partial charge on any atom is 0.158 e. The first-order valence-electron chi connectivity index (χ1n) is 10.6. The predicted molar refractivity (Wildman–Crippen MR) is 128 cm³/mol. The van der Waals surface area contributed by atoms with Crippen LogP contribution < -0.4 is 4.74 Å². The third-order valence-corrected chi connectivity index (χ3v) is 5.87. The van der Waals surface area contributed by atoms with Crippen molar-refractivity contribution in [3.05, 3.63) is 66.4 Å². The summed E-state index contributed by atoms with van der Waals surface area (Å²) >= 11 is 0. The molecule has 0 saturated carbocycles. The van der Waals surface area contributed by atoms with Gasteiger partial charge in [0, 0.05) is 23.9 Å². The molecule has 4 aromatic rings. The molecule has 0 atom stereocenters. The van der Waals surface area contributed by atoms with Gasteiger partial charge < -0.3 is 9.72 Å². The van der Waals surface area contributed by atoms with Crippen molar-refractivity contribution in [2.45, 2.75) is 25.8 Å². The number of nitrogens with one attached hydrogen (secondary N) is 1. The standard InChI is InChI=1S/C25H26N4O.ClH/c1-30-21-11-9-19(10-12-21)22-13-14-26-25-23(22)27-24(28-25)20-7-5-18(6-8-20)17-29-15-3-2-4-16-29;/h5-14H,2-4,15-17H2,1H3,(H,26,27,28);1H. The van der Waals surface area contributed by atoms with Crippen LogP contribution in [0.5, 0.6) is 5.75 Å². The van der Waals surface area contributed by atoms with Gasteiger partial charge in [-0.1, -0.05) is 42.8 Å². The number of piperidine rings is 1. The lowest BCUT2D eigenvalue weighted by atomic mass is 10.1. The lowest BCUT2D eigenvalue weighted by Crippen LogP contribution is -2.28. The Bertz CT molecular complexity index is 1130. The fourth-order valence-electron chi connectivity index (χ4n) is 4.19. The minimum atomic E-state index is 0. The average Bonchev–Trinajstić information content (AvgIpc) is 3.25. The molecule has 160 valence electrons. The molecule has 2 aromatic heterocycles. The van der Waals surface area contributed by atoms with Crippen molar-refractivity contribution in [2.75, 3.05) is 20.2 Å². The van der Waals surface area contributed by atoms with Gasteiger partial charge >= 0.3 is 0 Å². The Labute approximate surface area is 188 Å². The summed E-state index contributed by atoms with van der Waals surface area (Å²) < 4.78 is 5.27. The SMILES string of the molecule is COc1ccc(-c2ccnc3[nH]c(-c4ccc(CN5CCCCC5)cc4)nc23)cc1.Cl. The third-order valence-electron chi connectivity index (χ3n) is 5.87. The van der Waals surface area contributed by atoms with Crippen LogP contribution in [0.2, 0.25) is 0 Å². The van der Waals surface area contributed by atoms with E-state index in [0.717, 1.165) is 46.0 Å². The Kier molecular flexibility index (Phi) is 6.54. The number of ether oxygens (including phenoxy) is 1. The van der Waals surface area contributed by atoms with E-state index in [2.05, 4.69) is 51.3 Å². The van der Waals surface area contributed by atoms with E-state index in [4.69, 9.17) is 9.72 Å². The monoisotopic (exact) mass is 434 g/mol. The lowest BCUT2D eigenvalue weighted by molar-refractivity contribution is 0.221. The van der Waals surface area contributed by atoms with Crippen molar-refractivity contribution in [1.29, 1.82) is 0 Å². The van der Waals surface area contributed by atoms with Crippen LogP contribution in [-0.4, -0.2) is 40.1 Å². The van der Waals surface area contributed by atoms with Gasteiger partial charge in [0.15, 0.2) is 5.65 Å². The summed E-state index contributed by atoms with van der Waals surface area (Å²) in [6, 6.07) is 18.8. The number of nitrogens with zero attached hydrogens (tertiary/aromatic N) is 3. The Balaban J connectivity index is 0.00000231. The highest BCUT2D eigenvalue weighted by atomic mass is 35.5. The van der Waals surface area contributed by atoms with Crippen molar-refractivity contribution in [2.24, 2.45) is 0 Å². The van der Waals surface area contributed by atoms with Gasteiger partial charge in [0.05, 0.1) is 7.11 Å². The molecule has 1 saturated heterocycles. The minimum Gasteiger partial charge on any atom is -0.497 e. The summed E-state index contributed by atoms with van der Waals surface area (Å²) in [6.45, 7) is 3.46. The number of H-pyrrole nitrogens is 1. The molecule has 6 heteroatoms. The molecule has 5 nitrogen and oxygen atoms in total. The highest BCUT2D eigenvalue weighted by molar-refractivity contribution is 5.91. The number of rotatable bonds is 5. The fraction of sp³-hybridized carbons (Fsp3) is 0.280. The van der Waals surface area contributed by atoms with E-state index in [1.165, 1.54) is 37.9 Å². The van der Waals surface area contributed by atoms with E-state index in [1.807, 2.05) is 24.4 Å². The number of aromatic amines is 1. The zero-order chi connectivity index (χ0) is 20.3. The molecule has 0 bridgehead atoms. The second kappa shape index (κ2) is 9.50. The number of fused-ring (bicyclic) bond motifs is 1. The number of likely N-dealkylation sites (tertiary alicyclic amines) is 1. The fourth-order valence-corrected chi connectivity index (χ4v) is 4.19. The van der Waals surface area contributed by atoms with Gasteiger partial charge in [-0.25, -0.2) is 9.97 Å². The van der Waals surface area contributed by atoms with Gasteiger partial charge in [-0.2, -0.15) is 0 Å². The van der Waals surface area contributed by atoms with Crippen molar-refractivity contribution in [3.8, 4) is 28.3 Å². The van der Waals surface area contributed by atoms with Gasteiger partial charge in [0.2, 0.25) is 0 Å². The molecule has 1 aliphatic heterocycles. The lowest BCUT2D eigenvalue weighted by Gasteiger charge is -2.26. The van der Waals surface area contributed by atoms with Crippen LogP contribution in [0.1, 0.15) is 24.8 Å². The van der Waals surface area contributed by atoms with Crippen LogP contribution in [0.15, 0.2) is 60.8 Å². The number of halogens is 1. The Hall–Kier alpha value is -2.89. The van der Waals surface area contributed by atoms with E-state index in [0.29, 0.717) is 0 Å². The van der Waals surface area contributed by atoms with Crippen molar-refractivity contribution in [3.63, 3.8) is 0 Å². The Morgan fingerprint density at radius 2 is 1.61 bits per heavy atom. The summed E-state index contributed by atoms with van der Waals surface area (Å²) in [7, 11) is 1.68. The van der Waals surface area contributed by atoms with E-state index < -0.39 is 0 Å². The van der Waals surface area contributed by atoms with Crippen LogP contribution in [0.4, 0.5) is 0 Å². The Morgan fingerprint density at radius 1 is 0.903 bits per heavy atom. The highest BCUT2D eigenvalue weighted by Crippen LogP contribution is 2.30. The van der Waals surface area contributed by atoms with E-state index in [9.17, 15) is 0 Å². The molecule has 1 aliphatic rings. The number of imidazole rings is 1. The third kappa shape index (κ3) is 4.58. The summed E-state index contributed by atoms with van der Waals surface area (Å²) in [5.41, 5.74) is 6.28. The number of hydrogen-bond acceptors (Lipinski definition) is 4. The molecular weight excluding hydrogens is 408 g/mol. The van der Waals surface area contributed by atoms with E-state index >= 15 is 0 Å². The summed E-state index contributed by atoms with van der Waals surface area (Å²) in [4.78, 5) is 15.3. The molecule has 0 unspecified atom stereocenters. The summed E-state index contributed by atoms with van der Waals surface area (Å²) in [5.74, 6) is 1.69. The zero-order valence-corrected chi connectivity index (χ0v) is 18.5. The van der Waals surface area contributed by atoms with Crippen molar-refractivity contribution in [1.82, 2.24) is 19.9 Å². The Morgan fingerprint density at radius 3 is 2.32 bits per heavy atom. The number of aromatic nitrogens is 3. The molecule has 5 rings (SSSR count). The minimum absolute atomic E-state index is 0. The molecule has 1 N–H and O–H groups in total. The normalized spacial score (nSPS) is 14.4. The van der Waals surface area contributed by atoms with Crippen LogP contribution >= 0.6 is 12.4 Å². The quantitative estimate of drug-likeness (QED) is 0.437. The maximum atomic E-state index is 5.27. The second-order valence-corrected chi connectivity index (χ2v) is 7.90. The van der Waals surface area contributed by atoms with E-state index in [1.54, 1.807) is 7.11 Å². The van der Waals surface area contributed by atoms with Crippen LogP contribution in [0.25, 0.3) is 33.7 Å². The average molecular weight is 435 g/mol. The van der Waals surface area contributed by atoms with Crippen LogP contribution in [0, 0.1) is 0 Å². The molecule has 0 spiro atoms. The zero-order valence-electron chi connectivity index (χ0n) is 17.7. The molecule has 1 fully saturated rings. The van der Waals surface area contributed by atoms with Gasteiger partial charge in [0.1, 0.15) is 17.1 Å². The number of pyridine rings is 1. The molecule has 2 aromatic carbocycles. The molecule has 0 aliphatic carbocycles. The van der Waals surface area contributed by atoms with E-state index in [-0.39, 0.29) is 12.4 Å².